The molecule has 0 aliphatic carbocycles. The van der Waals surface area contributed by atoms with E-state index in [1.165, 1.54) is 0 Å². The highest BCUT2D eigenvalue weighted by molar-refractivity contribution is 5.52. The number of morpholine rings is 1. The standard InChI is InChI=1S/C9H13N3O/c10-9-7-8(1-2-11-9)12-3-5-13-6-4-12/h1-2,7H,3-6H2,(H2,10,11)/i1D,2D,3D2,4D2,5D2,6D2,7D. The summed E-state index contributed by atoms with van der Waals surface area (Å²) in [5.74, 6) is -0.606. The van der Waals surface area contributed by atoms with Crippen LogP contribution in [0.1, 0.15) is 15.1 Å². The van der Waals surface area contributed by atoms with Crippen molar-refractivity contribution in [2.45, 2.75) is 0 Å². The number of anilines is 2. The molecule has 0 unspecified atom stereocenters. The normalized spacial score (nSPS) is 45.2. The molecule has 1 aromatic rings. The largest absolute Gasteiger partial charge is 0.384 e. The third-order valence-corrected chi connectivity index (χ3v) is 1.24. The second-order valence-electron chi connectivity index (χ2n) is 2.07. The second kappa shape index (κ2) is 3.62. The van der Waals surface area contributed by atoms with Crippen LogP contribution in [0.3, 0.4) is 0 Å². The van der Waals surface area contributed by atoms with E-state index in [9.17, 15) is 0 Å². The first-order valence-electron chi connectivity index (χ1n) is 8.81. The van der Waals surface area contributed by atoms with Crippen molar-refractivity contribution in [3.63, 3.8) is 0 Å². The quantitative estimate of drug-likeness (QED) is 0.700. The van der Waals surface area contributed by atoms with Crippen molar-refractivity contribution in [3.05, 3.63) is 18.3 Å². The lowest BCUT2D eigenvalue weighted by Gasteiger charge is -2.28. The van der Waals surface area contributed by atoms with E-state index in [2.05, 4.69) is 9.72 Å². The summed E-state index contributed by atoms with van der Waals surface area (Å²) >= 11 is 0. The van der Waals surface area contributed by atoms with Gasteiger partial charge in [0, 0.05) is 30.9 Å². The van der Waals surface area contributed by atoms with Crippen LogP contribution >= 0.6 is 0 Å². The van der Waals surface area contributed by atoms with E-state index in [0.29, 0.717) is 0 Å². The first-order chi connectivity index (χ1) is 10.6. The van der Waals surface area contributed by atoms with Crippen LogP contribution in [0, 0.1) is 0 Å². The number of pyridine rings is 1. The molecular formula is C9H13N3O. The Morgan fingerprint density at radius 3 is 3.15 bits per heavy atom. The lowest BCUT2D eigenvalue weighted by molar-refractivity contribution is 0.122. The molecule has 4 nitrogen and oxygen atoms in total. The van der Waals surface area contributed by atoms with E-state index >= 15 is 0 Å². The molecule has 1 aliphatic heterocycles. The van der Waals surface area contributed by atoms with Gasteiger partial charge in [0.05, 0.1) is 28.2 Å². The molecule has 0 aromatic carbocycles. The number of rotatable bonds is 1. The molecule has 0 bridgehead atoms. The van der Waals surface area contributed by atoms with Gasteiger partial charge in [0.25, 0.3) is 0 Å². The zero-order valence-electron chi connectivity index (χ0n) is 17.4. The van der Waals surface area contributed by atoms with Crippen LogP contribution in [0.2, 0.25) is 0 Å². The van der Waals surface area contributed by atoms with E-state index in [1.54, 1.807) is 0 Å². The maximum atomic E-state index is 7.89. The molecule has 2 rings (SSSR count). The molecular weight excluding hydrogens is 166 g/mol. The zero-order valence-corrected chi connectivity index (χ0v) is 6.38. The van der Waals surface area contributed by atoms with Gasteiger partial charge < -0.3 is 15.4 Å². The minimum Gasteiger partial charge on any atom is -0.384 e. The molecule has 0 saturated carbocycles. The van der Waals surface area contributed by atoms with Crippen molar-refractivity contribution in [3.8, 4) is 0 Å². The molecule has 70 valence electrons. The molecule has 1 aromatic heterocycles. The summed E-state index contributed by atoms with van der Waals surface area (Å²) in [6.07, 6.45) is -0.794. The Kier molecular flexibility index (Phi) is 0.665. The monoisotopic (exact) mass is 190 g/mol. The van der Waals surface area contributed by atoms with Gasteiger partial charge in [0.2, 0.25) is 0 Å². The number of hydrogen-bond acceptors (Lipinski definition) is 4. The van der Waals surface area contributed by atoms with Gasteiger partial charge in [-0.2, -0.15) is 0 Å². The number of nitrogens with two attached hydrogens (primary N) is 1. The van der Waals surface area contributed by atoms with Crippen molar-refractivity contribution < 1.29 is 19.8 Å². The molecule has 0 spiro atoms. The Bertz CT molecular complexity index is 640. The number of hydrogen-bond donors (Lipinski definition) is 1. The summed E-state index contributed by atoms with van der Waals surface area (Å²) < 4.78 is 89.4. The maximum Gasteiger partial charge on any atom is 0.125 e. The highest BCUT2D eigenvalue weighted by atomic mass is 16.5. The predicted octanol–water partition coefficient (Wildman–Crippen LogP) is 0.500. The van der Waals surface area contributed by atoms with E-state index in [4.69, 9.17) is 20.8 Å². The topological polar surface area (TPSA) is 51.4 Å². The smallest absolute Gasteiger partial charge is 0.125 e. The Morgan fingerprint density at radius 2 is 2.38 bits per heavy atom. The molecule has 13 heavy (non-hydrogen) atoms. The summed E-state index contributed by atoms with van der Waals surface area (Å²) in [6.45, 7) is -13.3. The predicted molar refractivity (Wildman–Crippen MR) is 51.7 cm³/mol. The fraction of sp³-hybridized carbons (Fsp3) is 0.444. The molecule has 1 saturated heterocycles. The van der Waals surface area contributed by atoms with Gasteiger partial charge in [-0.15, -0.1) is 0 Å². The van der Waals surface area contributed by atoms with Gasteiger partial charge >= 0.3 is 0 Å². The van der Waals surface area contributed by atoms with Crippen molar-refractivity contribution in [1.82, 2.24) is 4.98 Å². The van der Waals surface area contributed by atoms with Crippen molar-refractivity contribution in [2.75, 3.05) is 36.7 Å². The van der Waals surface area contributed by atoms with Gasteiger partial charge in [-0.3, -0.25) is 0 Å². The van der Waals surface area contributed by atoms with Crippen LogP contribution < -0.4 is 10.6 Å². The SMILES string of the molecule is [2H]c1nc(N)c([2H])c(N2C([2H])([2H])C([2H])([2H])OC([2H])([2H])C2([2H])[2H])c1[2H]. The second-order valence-corrected chi connectivity index (χ2v) is 2.07. The molecule has 0 amide bonds. The van der Waals surface area contributed by atoms with Crippen LogP contribution in [0.5, 0.6) is 0 Å². The lowest BCUT2D eigenvalue weighted by Crippen LogP contribution is -2.36. The molecule has 2 N–H and O–H groups in total. The van der Waals surface area contributed by atoms with Gasteiger partial charge in [0.1, 0.15) is 5.82 Å². The van der Waals surface area contributed by atoms with Gasteiger partial charge in [-0.25, -0.2) is 4.98 Å². The molecule has 0 atom stereocenters. The summed E-state index contributed by atoms with van der Waals surface area (Å²) in [7, 11) is 0. The average molecular weight is 190 g/mol. The third kappa shape index (κ3) is 1.89. The van der Waals surface area contributed by atoms with Crippen molar-refractivity contribution in [2.24, 2.45) is 0 Å². The van der Waals surface area contributed by atoms with E-state index in [1.807, 2.05) is 0 Å². The number of nitrogens with zero attached hydrogens (tertiary/aromatic N) is 2. The Hall–Kier alpha value is -1.29. The molecule has 2 heterocycles. The number of nitrogen functional groups attached to an aromatic ring is 1. The minimum absolute atomic E-state index is 0.0513. The van der Waals surface area contributed by atoms with Crippen LogP contribution in [-0.2, 0) is 4.74 Å². The fourth-order valence-corrected chi connectivity index (χ4v) is 0.736. The van der Waals surface area contributed by atoms with Crippen LogP contribution in [-0.4, -0.2) is 31.1 Å². The first kappa shape index (κ1) is 2.39. The summed E-state index contributed by atoms with van der Waals surface area (Å²) in [5, 5.41) is 0. The molecule has 0 radical (unpaired) electrons. The number of aromatic nitrogens is 1. The summed E-state index contributed by atoms with van der Waals surface area (Å²) in [5.41, 5.74) is 4.53. The Balaban J connectivity index is 2.88. The summed E-state index contributed by atoms with van der Waals surface area (Å²) in [6, 6.07) is -1.72. The molecule has 1 aliphatic rings. The fourth-order valence-electron chi connectivity index (χ4n) is 0.736. The molecule has 4 heteroatoms. The first-order valence-corrected chi connectivity index (χ1v) is 3.31. The van der Waals surface area contributed by atoms with Crippen LogP contribution in [0.25, 0.3) is 0 Å². The Morgan fingerprint density at radius 1 is 1.62 bits per heavy atom. The third-order valence-electron chi connectivity index (χ3n) is 1.24. The Labute approximate surface area is 92.8 Å². The zero-order chi connectivity index (χ0) is 18.9. The molecule has 1 fully saturated rings. The van der Waals surface area contributed by atoms with Gasteiger partial charge in [0.15, 0.2) is 0 Å². The van der Waals surface area contributed by atoms with Gasteiger partial charge in [-0.05, 0) is 6.04 Å². The summed E-state index contributed by atoms with van der Waals surface area (Å²) in [4.78, 5) is 3.32. The lowest BCUT2D eigenvalue weighted by atomic mass is 10.3. The van der Waals surface area contributed by atoms with Crippen LogP contribution in [0.4, 0.5) is 11.5 Å². The van der Waals surface area contributed by atoms with E-state index < -0.39 is 55.9 Å². The number of ether oxygens (including phenoxy) is 1. The van der Waals surface area contributed by atoms with E-state index in [0.717, 1.165) is 0 Å². The minimum atomic E-state index is -3.33. The van der Waals surface area contributed by atoms with E-state index in [-0.39, 0.29) is 4.90 Å². The van der Waals surface area contributed by atoms with Crippen molar-refractivity contribution >= 4 is 11.5 Å². The van der Waals surface area contributed by atoms with Gasteiger partial charge in [-0.1, -0.05) is 0 Å². The highest BCUT2D eigenvalue weighted by Crippen LogP contribution is 2.16. The van der Waals surface area contributed by atoms with Crippen LogP contribution in [0.15, 0.2) is 18.3 Å². The average Bonchev–Trinajstić information content (AvgIpc) is 2.38. The van der Waals surface area contributed by atoms with Crippen molar-refractivity contribution in [1.29, 1.82) is 0 Å². The maximum absolute atomic E-state index is 7.89. The highest BCUT2D eigenvalue weighted by Gasteiger charge is 2.10.